The number of halogens is 30. The van der Waals surface area contributed by atoms with Crippen molar-refractivity contribution in [2.45, 2.75) is 83.4 Å². The molecule has 0 saturated heterocycles. The van der Waals surface area contributed by atoms with Crippen LogP contribution in [0.3, 0.4) is 0 Å². The molecular weight excluding hydrogens is 1200 g/mol. The maximum atomic E-state index is 14.7. The second-order valence-electron chi connectivity index (χ2n) is 15.7. The molecule has 11 nitrogen and oxygen atoms in total. The highest BCUT2D eigenvalue weighted by molar-refractivity contribution is 5.97. The smallest absolute Gasteiger partial charge is 0.460 e. The Balaban J connectivity index is 1.29. The van der Waals surface area contributed by atoms with Crippen LogP contribution in [0.4, 0.5) is 132 Å². The minimum absolute atomic E-state index is 0.341. The minimum Gasteiger partial charge on any atom is -0.497 e. The fraction of sp³-hybridized carbons (Fsp3) is 0.385. The van der Waals surface area contributed by atoms with Crippen molar-refractivity contribution in [1.82, 2.24) is 30.4 Å². The van der Waals surface area contributed by atoms with Crippen LogP contribution in [0, 0.1) is 0 Å². The number of methoxy groups -OCH3 is 1. The molecule has 0 bridgehead atoms. The maximum absolute atomic E-state index is 14.7. The van der Waals surface area contributed by atoms with E-state index in [-0.39, 0.29) is 5.75 Å². The van der Waals surface area contributed by atoms with Gasteiger partial charge in [-0.3, -0.25) is 10.2 Å². The predicted octanol–water partition coefficient (Wildman–Crippen LogP) is 13.4. The molecule has 0 fully saturated rings. The Hall–Kier alpha value is -7.42. The molecule has 0 aliphatic rings. The van der Waals surface area contributed by atoms with Crippen molar-refractivity contribution in [2.24, 2.45) is 0 Å². The minimum atomic E-state index is -8.58. The normalized spacial score (nSPS) is 14.5. The van der Waals surface area contributed by atoms with Gasteiger partial charge in [-0.05, 0) is 66.7 Å². The first kappa shape index (κ1) is 63.4. The Morgan fingerprint density at radius 1 is 0.362 bits per heavy atom. The van der Waals surface area contributed by atoms with Gasteiger partial charge in [-0.2, -0.15) is 142 Å². The van der Waals surface area contributed by atoms with Crippen molar-refractivity contribution in [3.63, 3.8) is 0 Å². The number of nitrogens with one attached hydrogen (secondary N) is 2. The molecule has 41 heteroatoms. The van der Waals surface area contributed by atoms with Crippen molar-refractivity contribution < 1.29 is 156 Å². The van der Waals surface area contributed by atoms with Crippen molar-refractivity contribution in [1.29, 1.82) is 0 Å². The molecule has 0 saturated carbocycles. The highest BCUT2D eigenvalue weighted by Crippen LogP contribution is 2.65. The molecule has 0 radical (unpaired) electrons. The summed E-state index contributed by atoms with van der Waals surface area (Å²) < 4.78 is 425. The average Bonchev–Trinajstić information content (AvgIpc) is 4.06. The summed E-state index contributed by atoms with van der Waals surface area (Å²) >= 11 is 0. The number of nitrogens with zero attached hydrogens (tertiary/aromatic N) is 4. The molecule has 0 amide bonds. The van der Waals surface area contributed by atoms with Gasteiger partial charge < -0.3 is 14.2 Å². The zero-order valence-corrected chi connectivity index (χ0v) is 37.0. The van der Waals surface area contributed by atoms with Gasteiger partial charge in [0.2, 0.25) is 11.6 Å². The molecule has 0 unspecified atom stereocenters. The summed E-state index contributed by atoms with van der Waals surface area (Å²) in [5, 5.41) is 7.48. The van der Waals surface area contributed by atoms with Crippen molar-refractivity contribution in [3.05, 3.63) is 89.5 Å². The van der Waals surface area contributed by atoms with Gasteiger partial charge in [-0.15, -0.1) is 0 Å². The van der Waals surface area contributed by atoms with Crippen LogP contribution < -0.4 is 14.2 Å². The van der Waals surface area contributed by atoms with E-state index in [0.717, 1.165) is 35.5 Å². The third-order valence-corrected chi connectivity index (χ3v) is 10.5. The summed E-state index contributed by atoms with van der Waals surface area (Å²) in [5.41, 5.74) is -2.56. The Morgan fingerprint density at radius 2 is 0.625 bits per heavy atom. The first-order chi connectivity index (χ1) is 35.8. The van der Waals surface area contributed by atoms with Gasteiger partial charge in [0.1, 0.15) is 17.2 Å². The van der Waals surface area contributed by atoms with Crippen LogP contribution in [0.25, 0.3) is 22.8 Å². The number of H-pyrrole nitrogens is 2. The van der Waals surface area contributed by atoms with E-state index in [1.807, 2.05) is 0 Å². The SMILES string of the molecule is COc1cc(C(=O)Oc2ccc(-c3n[nH]c(C(F)(F)C(F)(F)C(F)(F)C(F)(F)C(F)(F)C(F)(F)C(F)(F)F)n3)cc2)cc(C(=O)Oc2ccc(-c3n[nH]c(C(F)(F)C(F)(F)C(F)(F)C(F)(F)C(F)(F)C(F)(F)C(F)(F)F)n3)cc2)c1. The lowest BCUT2D eigenvalue weighted by atomic mass is 9.91. The van der Waals surface area contributed by atoms with E-state index in [1.165, 1.54) is 0 Å². The molecule has 80 heavy (non-hydrogen) atoms. The number of hydrogen-bond donors (Lipinski definition) is 2. The van der Waals surface area contributed by atoms with Crippen molar-refractivity contribution in [2.75, 3.05) is 7.11 Å². The Bertz CT molecular complexity index is 2900. The highest BCUT2D eigenvalue weighted by Gasteiger charge is 2.95. The lowest BCUT2D eigenvalue weighted by molar-refractivity contribution is -0.454. The van der Waals surface area contributed by atoms with Gasteiger partial charge in [0.05, 0.1) is 18.2 Å². The predicted molar refractivity (Wildman–Crippen MR) is 196 cm³/mol. The molecule has 0 aliphatic carbocycles. The standard InChI is InChI=1S/C39H16F30N6O5/c1-78-19-11-15(22(76)79-17-6-2-13(3-7-17)20-70-24(74-72-20)26(40,41)28(44,45)30(48,49)32(52,53)34(56,57)36(60,61)38(64,65)66)10-16(12-19)23(77)80-18-8-4-14(5-9-18)21-71-25(75-73-21)27(42,43)29(46,47)31(50,51)33(54,55)35(58,59)37(62,63)39(67,68)69/h2-12H,1H3,(H,70,72,74)(H,71,73,75). The van der Waals surface area contributed by atoms with Gasteiger partial charge in [-0.25, -0.2) is 19.6 Å². The molecule has 2 aromatic heterocycles. The number of esters is 2. The Morgan fingerprint density at radius 3 is 0.887 bits per heavy atom. The average molecular weight is 1220 g/mol. The van der Waals surface area contributed by atoms with Crippen LogP contribution in [0.1, 0.15) is 32.4 Å². The van der Waals surface area contributed by atoms with Gasteiger partial charge in [0, 0.05) is 11.1 Å². The molecule has 5 rings (SSSR count). The van der Waals surface area contributed by atoms with E-state index < -0.39 is 152 Å². The number of aromatic nitrogens is 6. The van der Waals surface area contributed by atoms with Crippen molar-refractivity contribution in [3.8, 4) is 40.0 Å². The molecule has 0 atom stereocenters. The number of rotatable bonds is 19. The fourth-order valence-electron chi connectivity index (χ4n) is 5.92. The number of aromatic amines is 2. The van der Waals surface area contributed by atoms with E-state index in [0.29, 0.717) is 48.5 Å². The molecule has 2 N–H and O–H groups in total. The lowest BCUT2D eigenvalue weighted by Crippen LogP contribution is -2.72. The van der Waals surface area contributed by atoms with Gasteiger partial charge in [0.25, 0.3) is 0 Å². The number of benzene rings is 3. The molecule has 0 aliphatic heterocycles. The zero-order chi connectivity index (χ0) is 61.6. The van der Waals surface area contributed by atoms with E-state index in [1.54, 1.807) is 0 Å². The summed E-state index contributed by atoms with van der Waals surface area (Å²) in [7, 11) is 0.965. The fourth-order valence-corrected chi connectivity index (χ4v) is 5.92. The summed E-state index contributed by atoms with van der Waals surface area (Å²) in [6, 6.07) is 7.92. The molecule has 5 aromatic rings. The maximum Gasteiger partial charge on any atom is 0.460 e. The van der Waals surface area contributed by atoms with Crippen LogP contribution in [-0.4, -0.2) is 121 Å². The molecule has 2 heterocycles. The lowest BCUT2D eigenvalue weighted by Gasteiger charge is -2.41. The monoisotopic (exact) mass is 1220 g/mol. The topological polar surface area (TPSA) is 145 Å². The summed E-state index contributed by atoms with van der Waals surface area (Å²) in [4.78, 5) is 31.4. The van der Waals surface area contributed by atoms with E-state index >= 15 is 0 Å². The van der Waals surface area contributed by atoms with Crippen LogP contribution in [0.15, 0.2) is 66.7 Å². The molecule has 442 valence electrons. The first-order valence-electron chi connectivity index (χ1n) is 19.7. The van der Waals surface area contributed by atoms with Gasteiger partial charge in [-0.1, -0.05) is 0 Å². The van der Waals surface area contributed by atoms with Gasteiger partial charge in [0.15, 0.2) is 11.6 Å². The second kappa shape index (κ2) is 19.4. The van der Waals surface area contributed by atoms with Crippen LogP contribution >= 0.6 is 0 Å². The largest absolute Gasteiger partial charge is 0.497 e. The number of carbonyl (C=O) groups is 2. The highest BCUT2D eigenvalue weighted by atomic mass is 19.4. The Labute approximate surface area is 418 Å². The third kappa shape index (κ3) is 9.61. The second-order valence-corrected chi connectivity index (χ2v) is 15.7. The molecule has 3 aromatic carbocycles. The molecule has 0 spiro atoms. The molecular formula is C39H16F30N6O5. The van der Waals surface area contributed by atoms with Crippen LogP contribution in [0.2, 0.25) is 0 Å². The number of carbonyl (C=O) groups excluding carboxylic acids is 2. The number of ether oxygens (including phenoxy) is 3. The summed E-state index contributed by atoms with van der Waals surface area (Å²) in [6.45, 7) is 0. The Kier molecular flexibility index (Phi) is 15.4. The van der Waals surface area contributed by atoms with E-state index in [4.69, 9.17) is 14.2 Å². The quantitative estimate of drug-likeness (QED) is 0.0469. The van der Waals surface area contributed by atoms with Crippen molar-refractivity contribution >= 4 is 11.9 Å². The third-order valence-electron chi connectivity index (χ3n) is 10.5. The van der Waals surface area contributed by atoms with Crippen LogP contribution in [0.5, 0.6) is 17.2 Å². The van der Waals surface area contributed by atoms with Gasteiger partial charge >= 0.3 is 95.4 Å². The van der Waals surface area contributed by atoms with E-state index in [2.05, 4.69) is 20.2 Å². The summed E-state index contributed by atoms with van der Waals surface area (Å²) in [5.74, 6) is -110. The van der Waals surface area contributed by atoms with E-state index in [9.17, 15) is 141 Å². The zero-order valence-electron chi connectivity index (χ0n) is 37.0. The summed E-state index contributed by atoms with van der Waals surface area (Å²) in [6.07, 6.45) is -15.6. The number of hydrogen-bond acceptors (Lipinski definition) is 9. The number of alkyl halides is 30. The first-order valence-corrected chi connectivity index (χ1v) is 19.7. The van der Waals surface area contributed by atoms with Crippen LogP contribution in [-0.2, 0) is 11.8 Å².